The van der Waals surface area contributed by atoms with Gasteiger partial charge in [0.2, 0.25) is 0 Å². The SMILES string of the molecule is CCC(O)OCCCCC(C)C. The monoisotopic (exact) mass is 174 g/mol. The maximum absolute atomic E-state index is 9.04. The van der Waals surface area contributed by atoms with Crippen LogP contribution in [0.3, 0.4) is 0 Å². The van der Waals surface area contributed by atoms with Gasteiger partial charge in [0.1, 0.15) is 0 Å². The molecule has 0 saturated carbocycles. The van der Waals surface area contributed by atoms with Crippen LogP contribution in [0.15, 0.2) is 0 Å². The minimum Gasteiger partial charge on any atom is -0.368 e. The molecule has 0 aromatic rings. The molecule has 2 heteroatoms. The molecular formula is C10H22O2. The quantitative estimate of drug-likeness (QED) is 0.475. The molecule has 0 radical (unpaired) electrons. The third-order valence-electron chi connectivity index (χ3n) is 1.84. The van der Waals surface area contributed by atoms with E-state index in [0.29, 0.717) is 13.0 Å². The van der Waals surface area contributed by atoms with Gasteiger partial charge in [0, 0.05) is 6.61 Å². The lowest BCUT2D eigenvalue weighted by atomic mass is 10.1. The molecule has 0 aliphatic heterocycles. The summed E-state index contributed by atoms with van der Waals surface area (Å²) in [6.45, 7) is 7.06. The van der Waals surface area contributed by atoms with Gasteiger partial charge >= 0.3 is 0 Å². The highest BCUT2D eigenvalue weighted by atomic mass is 16.6. The third-order valence-corrected chi connectivity index (χ3v) is 1.84. The number of unbranched alkanes of at least 4 members (excludes halogenated alkanes) is 1. The van der Waals surface area contributed by atoms with Gasteiger partial charge in [-0.3, -0.25) is 0 Å². The van der Waals surface area contributed by atoms with E-state index in [1.807, 2.05) is 6.92 Å². The van der Waals surface area contributed by atoms with Crippen LogP contribution in [0.1, 0.15) is 46.5 Å². The van der Waals surface area contributed by atoms with Crippen LogP contribution in [0, 0.1) is 5.92 Å². The molecule has 0 fully saturated rings. The molecule has 1 unspecified atom stereocenters. The van der Waals surface area contributed by atoms with Gasteiger partial charge in [-0.05, 0) is 18.8 Å². The first-order chi connectivity index (χ1) is 5.66. The molecule has 2 nitrogen and oxygen atoms in total. The number of ether oxygens (including phenoxy) is 1. The van der Waals surface area contributed by atoms with Gasteiger partial charge in [0.15, 0.2) is 6.29 Å². The van der Waals surface area contributed by atoms with Crippen molar-refractivity contribution in [2.45, 2.75) is 52.7 Å². The topological polar surface area (TPSA) is 29.5 Å². The lowest BCUT2D eigenvalue weighted by Crippen LogP contribution is -2.10. The van der Waals surface area contributed by atoms with Crippen LogP contribution in [-0.2, 0) is 4.74 Å². The average Bonchev–Trinajstić information content (AvgIpc) is 2.03. The van der Waals surface area contributed by atoms with Crippen molar-refractivity contribution in [1.82, 2.24) is 0 Å². The first kappa shape index (κ1) is 11.9. The van der Waals surface area contributed by atoms with E-state index in [4.69, 9.17) is 9.84 Å². The third kappa shape index (κ3) is 8.02. The summed E-state index contributed by atoms with van der Waals surface area (Å²) in [4.78, 5) is 0. The maximum atomic E-state index is 9.04. The molecule has 0 aromatic heterocycles. The zero-order valence-electron chi connectivity index (χ0n) is 8.55. The van der Waals surface area contributed by atoms with E-state index < -0.39 is 6.29 Å². The van der Waals surface area contributed by atoms with Gasteiger partial charge in [0.25, 0.3) is 0 Å². The largest absolute Gasteiger partial charge is 0.368 e. The van der Waals surface area contributed by atoms with Gasteiger partial charge in [-0.15, -0.1) is 0 Å². The second-order valence-electron chi connectivity index (χ2n) is 3.62. The number of hydrogen-bond donors (Lipinski definition) is 1. The summed E-state index contributed by atoms with van der Waals surface area (Å²) < 4.78 is 5.13. The molecule has 1 N–H and O–H groups in total. The fourth-order valence-corrected chi connectivity index (χ4v) is 0.992. The Bertz CT molecular complexity index is 91.8. The van der Waals surface area contributed by atoms with Gasteiger partial charge in [-0.1, -0.05) is 33.6 Å². The summed E-state index contributed by atoms with van der Waals surface area (Å²) in [5.74, 6) is 0.779. The van der Waals surface area contributed by atoms with E-state index in [1.54, 1.807) is 0 Å². The Balaban J connectivity index is 3.00. The summed E-state index contributed by atoms with van der Waals surface area (Å²) in [6.07, 6.45) is 3.66. The molecule has 1 atom stereocenters. The molecule has 0 rings (SSSR count). The van der Waals surface area contributed by atoms with Crippen LogP contribution in [0.4, 0.5) is 0 Å². The van der Waals surface area contributed by atoms with E-state index in [0.717, 1.165) is 12.3 Å². The van der Waals surface area contributed by atoms with Crippen LogP contribution in [0.2, 0.25) is 0 Å². The molecular weight excluding hydrogens is 152 g/mol. The van der Waals surface area contributed by atoms with Crippen LogP contribution in [0.5, 0.6) is 0 Å². The Morgan fingerprint density at radius 3 is 2.42 bits per heavy atom. The van der Waals surface area contributed by atoms with Crippen molar-refractivity contribution in [3.63, 3.8) is 0 Å². The normalized spacial score (nSPS) is 13.8. The highest BCUT2D eigenvalue weighted by Crippen LogP contribution is 2.06. The van der Waals surface area contributed by atoms with E-state index in [9.17, 15) is 0 Å². The van der Waals surface area contributed by atoms with Crippen molar-refractivity contribution in [2.24, 2.45) is 5.92 Å². The smallest absolute Gasteiger partial charge is 0.154 e. The van der Waals surface area contributed by atoms with Crippen molar-refractivity contribution in [3.8, 4) is 0 Å². The van der Waals surface area contributed by atoms with Crippen LogP contribution < -0.4 is 0 Å². The van der Waals surface area contributed by atoms with E-state index >= 15 is 0 Å². The van der Waals surface area contributed by atoms with Crippen molar-refractivity contribution in [3.05, 3.63) is 0 Å². The Morgan fingerprint density at radius 1 is 1.25 bits per heavy atom. The van der Waals surface area contributed by atoms with Crippen molar-refractivity contribution in [2.75, 3.05) is 6.61 Å². The van der Waals surface area contributed by atoms with E-state index in [1.165, 1.54) is 12.8 Å². The predicted octanol–water partition coefficient (Wildman–Crippen LogP) is 2.56. The number of aliphatic hydroxyl groups is 1. The van der Waals surface area contributed by atoms with Gasteiger partial charge < -0.3 is 9.84 Å². The molecule has 0 aliphatic carbocycles. The Labute approximate surface area is 75.9 Å². The minimum absolute atomic E-state index is 0.552. The minimum atomic E-state index is -0.552. The summed E-state index contributed by atoms with van der Waals surface area (Å²) in [5, 5.41) is 9.04. The summed E-state index contributed by atoms with van der Waals surface area (Å²) in [7, 11) is 0. The highest BCUT2D eigenvalue weighted by Gasteiger charge is 1.99. The van der Waals surface area contributed by atoms with Gasteiger partial charge in [-0.25, -0.2) is 0 Å². The van der Waals surface area contributed by atoms with Crippen molar-refractivity contribution >= 4 is 0 Å². The first-order valence-electron chi connectivity index (χ1n) is 4.96. The number of hydrogen-bond acceptors (Lipinski definition) is 2. The number of rotatable bonds is 7. The molecule has 0 saturated heterocycles. The zero-order valence-corrected chi connectivity index (χ0v) is 8.55. The Kier molecular flexibility index (Phi) is 7.51. The van der Waals surface area contributed by atoms with Crippen molar-refractivity contribution < 1.29 is 9.84 Å². The van der Waals surface area contributed by atoms with Gasteiger partial charge in [-0.2, -0.15) is 0 Å². The molecule has 0 aromatic carbocycles. The first-order valence-corrected chi connectivity index (χ1v) is 4.96. The van der Waals surface area contributed by atoms with E-state index in [-0.39, 0.29) is 0 Å². The second-order valence-corrected chi connectivity index (χ2v) is 3.62. The number of aliphatic hydroxyl groups excluding tert-OH is 1. The van der Waals surface area contributed by atoms with Gasteiger partial charge in [0.05, 0.1) is 0 Å². The summed E-state index contributed by atoms with van der Waals surface area (Å²) in [6, 6.07) is 0. The zero-order chi connectivity index (χ0) is 9.40. The highest BCUT2D eigenvalue weighted by molar-refractivity contribution is 4.46. The lowest BCUT2D eigenvalue weighted by molar-refractivity contribution is -0.101. The van der Waals surface area contributed by atoms with E-state index in [2.05, 4.69) is 13.8 Å². The standard InChI is InChI=1S/C10H22O2/c1-4-10(11)12-8-6-5-7-9(2)3/h9-11H,4-8H2,1-3H3. The molecule has 0 amide bonds. The molecule has 0 heterocycles. The Hall–Kier alpha value is -0.0800. The molecule has 0 aliphatic rings. The van der Waals surface area contributed by atoms with Crippen LogP contribution >= 0.6 is 0 Å². The summed E-state index contributed by atoms with van der Waals surface area (Å²) >= 11 is 0. The summed E-state index contributed by atoms with van der Waals surface area (Å²) in [5.41, 5.74) is 0. The average molecular weight is 174 g/mol. The molecule has 0 spiro atoms. The molecule has 74 valence electrons. The fourth-order valence-electron chi connectivity index (χ4n) is 0.992. The predicted molar refractivity (Wildman–Crippen MR) is 50.9 cm³/mol. The molecule has 12 heavy (non-hydrogen) atoms. The second kappa shape index (κ2) is 7.56. The molecule has 0 bridgehead atoms. The van der Waals surface area contributed by atoms with Crippen LogP contribution in [-0.4, -0.2) is 18.0 Å². The van der Waals surface area contributed by atoms with Crippen molar-refractivity contribution in [1.29, 1.82) is 0 Å². The fraction of sp³-hybridized carbons (Fsp3) is 1.00. The Morgan fingerprint density at radius 2 is 1.92 bits per heavy atom. The lowest BCUT2D eigenvalue weighted by Gasteiger charge is -2.09. The van der Waals surface area contributed by atoms with Crippen LogP contribution in [0.25, 0.3) is 0 Å². The maximum Gasteiger partial charge on any atom is 0.154 e.